The van der Waals surface area contributed by atoms with E-state index in [2.05, 4.69) is 6.29 Å². The summed E-state index contributed by atoms with van der Waals surface area (Å²) in [6, 6.07) is 0. The molecule has 0 aromatic heterocycles. The molecule has 0 aliphatic heterocycles. The molecule has 3 nitrogen and oxygen atoms in total. The summed E-state index contributed by atoms with van der Waals surface area (Å²) in [6.07, 6.45) is 4.87. The van der Waals surface area contributed by atoms with E-state index in [4.69, 9.17) is 5.73 Å². The molecule has 0 saturated heterocycles. The highest BCUT2D eigenvalue weighted by Crippen LogP contribution is 2.16. The van der Waals surface area contributed by atoms with Gasteiger partial charge >= 0.3 is 0 Å². The first kappa shape index (κ1) is 11.6. The highest BCUT2D eigenvalue weighted by Gasteiger charge is 2.26. The van der Waals surface area contributed by atoms with Gasteiger partial charge in [0.05, 0.1) is 5.54 Å². The minimum absolute atomic E-state index is 0.435. The van der Waals surface area contributed by atoms with Gasteiger partial charge in [0, 0.05) is 0 Å². The van der Waals surface area contributed by atoms with Crippen molar-refractivity contribution in [3.63, 3.8) is 0 Å². The molecule has 1 radical (unpaired) electrons. The zero-order valence-corrected chi connectivity index (χ0v) is 8.26. The second-order valence-corrected chi connectivity index (χ2v) is 3.52. The lowest BCUT2D eigenvalue weighted by molar-refractivity contribution is 0.224. The number of likely N-dealkylation sites (N-methyl/N-ethyl adjacent to an activating group) is 1. The number of nitrogens with two attached hydrogens (primary N) is 1. The van der Waals surface area contributed by atoms with Gasteiger partial charge in [-0.1, -0.05) is 0 Å². The highest BCUT2D eigenvalue weighted by atomic mass is 16.1. The number of hydrogen-bond donors (Lipinski definition) is 1. The first-order chi connectivity index (χ1) is 5.56. The van der Waals surface area contributed by atoms with Crippen LogP contribution in [0.5, 0.6) is 0 Å². The maximum Gasteiger partial charge on any atom is 0.220 e. The standard InChI is InChI=1S/C9H19N2O/c1-9(8-12,11(2)3)6-4-5-7-10/h4-7,10H2,1-3H3/t9-/m0/s1. The summed E-state index contributed by atoms with van der Waals surface area (Å²) in [5, 5.41) is 0. The molecule has 0 aliphatic carbocycles. The van der Waals surface area contributed by atoms with Crippen molar-refractivity contribution in [2.24, 2.45) is 5.73 Å². The lowest BCUT2D eigenvalue weighted by Gasteiger charge is -2.29. The van der Waals surface area contributed by atoms with Crippen LogP contribution in [0, 0.1) is 0 Å². The summed E-state index contributed by atoms with van der Waals surface area (Å²) < 4.78 is 0. The molecule has 3 heteroatoms. The van der Waals surface area contributed by atoms with E-state index in [0.717, 1.165) is 19.3 Å². The van der Waals surface area contributed by atoms with Crippen molar-refractivity contribution >= 4 is 6.29 Å². The Morgan fingerprint density at radius 1 is 1.42 bits per heavy atom. The van der Waals surface area contributed by atoms with E-state index in [1.54, 1.807) is 0 Å². The molecule has 12 heavy (non-hydrogen) atoms. The molecule has 0 aromatic carbocycles. The average molecular weight is 171 g/mol. The Labute approximate surface area is 74.9 Å². The molecule has 0 amide bonds. The minimum atomic E-state index is -0.435. The number of nitrogens with zero attached hydrogens (tertiary/aromatic N) is 1. The Morgan fingerprint density at radius 3 is 2.33 bits per heavy atom. The van der Waals surface area contributed by atoms with Crippen LogP contribution in [0.4, 0.5) is 0 Å². The summed E-state index contributed by atoms with van der Waals surface area (Å²) in [4.78, 5) is 12.6. The van der Waals surface area contributed by atoms with Gasteiger partial charge in [0.15, 0.2) is 0 Å². The van der Waals surface area contributed by atoms with Crippen LogP contribution in [0.2, 0.25) is 0 Å². The van der Waals surface area contributed by atoms with E-state index in [1.165, 1.54) is 0 Å². The van der Waals surface area contributed by atoms with Crippen LogP contribution in [-0.4, -0.2) is 37.4 Å². The van der Waals surface area contributed by atoms with E-state index in [-0.39, 0.29) is 0 Å². The predicted octanol–water partition coefficient (Wildman–Crippen LogP) is 0.545. The summed E-state index contributed by atoms with van der Waals surface area (Å²) >= 11 is 0. The molecular weight excluding hydrogens is 152 g/mol. The maximum absolute atomic E-state index is 10.7. The number of rotatable bonds is 6. The van der Waals surface area contributed by atoms with Crippen LogP contribution in [0.15, 0.2) is 0 Å². The van der Waals surface area contributed by atoms with E-state index in [0.29, 0.717) is 6.54 Å². The fourth-order valence-corrected chi connectivity index (χ4v) is 0.979. The molecule has 0 rings (SSSR count). The van der Waals surface area contributed by atoms with Gasteiger partial charge in [-0.05, 0) is 46.8 Å². The van der Waals surface area contributed by atoms with E-state index in [9.17, 15) is 4.79 Å². The normalized spacial score (nSPS) is 16.1. The second kappa shape index (κ2) is 5.27. The van der Waals surface area contributed by atoms with Crippen molar-refractivity contribution in [3.05, 3.63) is 0 Å². The van der Waals surface area contributed by atoms with E-state index < -0.39 is 5.54 Å². The van der Waals surface area contributed by atoms with Crippen molar-refractivity contribution < 1.29 is 4.79 Å². The van der Waals surface area contributed by atoms with Crippen molar-refractivity contribution in [1.82, 2.24) is 4.90 Å². The lowest BCUT2D eigenvalue weighted by Crippen LogP contribution is -2.42. The molecule has 0 unspecified atom stereocenters. The Bertz CT molecular complexity index is 136. The quantitative estimate of drug-likeness (QED) is 0.593. The molecule has 0 heterocycles. The van der Waals surface area contributed by atoms with Gasteiger partial charge in [-0.15, -0.1) is 0 Å². The Balaban J connectivity index is 3.88. The molecule has 0 aliphatic rings. The van der Waals surface area contributed by atoms with Gasteiger partial charge in [0.1, 0.15) is 0 Å². The SMILES string of the molecule is CN(C)[C@](C)([C]=O)CCCCN. The first-order valence-corrected chi connectivity index (χ1v) is 4.33. The molecule has 0 saturated carbocycles. The second-order valence-electron chi connectivity index (χ2n) is 3.52. The van der Waals surface area contributed by atoms with Crippen LogP contribution in [0.1, 0.15) is 26.2 Å². The van der Waals surface area contributed by atoms with Gasteiger partial charge in [-0.2, -0.15) is 0 Å². The van der Waals surface area contributed by atoms with Gasteiger partial charge in [0.2, 0.25) is 6.29 Å². The molecule has 2 N–H and O–H groups in total. The van der Waals surface area contributed by atoms with Gasteiger partial charge in [-0.3, -0.25) is 9.69 Å². The predicted molar refractivity (Wildman–Crippen MR) is 50.7 cm³/mol. The number of carbonyl (C=O) groups excluding carboxylic acids is 1. The van der Waals surface area contributed by atoms with Crippen molar-refractivity contribution in [1.29, 1.82) is 0 Å². The lowest BCUT2D eigenvalue weighted by atomic mass is 9.95. The zero-order valence-electron chi connectivity index (χ0n) is 8.26. The monoisotopic (exact) mass is 171 g/mol. The molecule has 0 fully saturated rings. The number of unbranched alkanes of at least 4 members (excludes halogenated alkanes) is 1. The smallest absolute Gasteiger partial charge is 0.220 e. The largest absolute Gasteiger partial charge is 0.330 e. The Morgan fingerprint density at radius 2 is 2.00 bits per heavy atom. The topological polar surface area (TPSA) is 46.3 Å². The summed E-state index contributed by atoms with van der Waals surface area (Å²) in [5.41, 5.74) is 4.93. The third-order valence-electron chi connectivity index (χ3n) is 2.32. The molecule has 0 aromatic rings. The Hall–Kier alpha value is -0.410. The van der Waals surface area contributed by atoms with Crippen LogP contribution in [0.3, 0.4) is 0 Å². The molecule has 71 valence electrons. The summed E-state index contributed by atoms with van der Waals surface area (Å²) in [5.74, 6) is 0. The highest BCUT2D eigenvalue weighted by molar-refractivity contribution is 5.64. The first-order valence-electron chi connectivity index (χ1n) is 4.33. The summed E-state index contributed by atoms with van der Waals surface area (Å²) in [6.45, 7) is 2.60. The molecule has 0 spiro atoms. The molecule has 1 atom stereocenters. The van der Waals surface area contributed by atoms with Crippen LogP contribution >= 0.6 is 0 Å². The third-order valence-corrected chi connectivity index (χ3v) is 2.32. The third kappa shape index (κ3) is 3.32. The minimum Gasteiger partial charge on any atom is -0.330 e. The van der Waals surface area contributed by atoms with E-state index in [1.807, 2.05) is 25.9 Å². The molecular formula is C9H19N2O. The fraction of sp³-hybridized carbons (Fsp3) is 0.889. The van der Waals surface area contributed by atoms with Crippen LogP contribution < -0.4 is 5.73 Å². The maximum atomic E-state index is 10.7. The van der Waals surface area contributed by atoms with Crippen molar-refractivity contribution in [2.45, 2.75) is 31.7 Å². The van der Waals surface area contributed by atoms with E-state index >= 15 is 0 Å². The van der Waals surface area contributed by atoms with Crippen LogP contribution in [0.25, 0.3) is 0 Å². The van der Waals surface area contributed by atoms with Crippen LogP contribution in [-0.2, 0) is 4.79 Å². The average Bonchev–Trinajstić information content (AvgIpc) is 2.04. The summed E-state index contributed by atoms with van der Waals surface area (Å²) in [7, 11) is 3.79. The molecule has 0 bridgehead atoms. The van der Waals surface area contributed by atoms with Crippen molar-refractivity contribution in [3.8, 4) is 0 Å². The van der Waals surface area contributed by atoms with Gasteiger partial charge < -0.3 is 5.73 Å². The number of hydrogen-bond acceptors (Lipinski definition) is 3. The zero-order chi connectivity index (χ0) is 9.61. The Kier molecular flexibility index (Phi) is 5.09. The van der Waals surface area contributed by atoms with Gasteiger partial charge in [0.25, 0.3) is 0 Å². The fourth-order valence-electron chi connectivity index (χ4n) is 0.979. The van der Waals surface area contributed by atoms with Gasteiger partial charge in [-0.25, -0.2) is 0 Å². The van der Waals surface area contributed by atoms with Crippen molar-refractivity contribution in [2.75, 3.05) is 20.6 Å².